The fraction of sp³-hybridized carbons (Fsp3) is 0.100. The summed E-state index contributed by atoms with van der Waals surface area (Å²) in [6.45, 7) is 1.81. The highest BCUT2D eigenvalue weighted by atomic mass is 35.5. The second-order valence-electron chi connectivity index (χ2n) is 6.26. The van der Waals surface area contributed by atoms with Crippen LogP contribution >= 0.6 is 34.5 Å². The van der Waals surface area contributed by atoms with Crippen molar-refractivity contribution in [1.82, 2.24) is 15.0 Å². The number of hydrogen-bond acceptors (Lipinski definition) is 7. The van der Waals surface area contributed by atoms with E-state index in [0.717, 1.165) is 16.0 Å². The monoisotopic (exact) mass is 459 g/mol. The minimum atomic E-state index is -0.383. The van der Waals surface area contributed by atoms with E-state index in [-0.39, 0.29) is 10.9 Å². The molecular weight excluding hydrogens is 445 g/mol. The van der Waals surface area contributed by atoms with Crippen molar-refractivity contribution in [2.24, 2.45) is 0 Å². The number of carbonyl (C=O) groups excluding carboxylic acids is 1. The van der Waals surface area contributed by atoms with Crippen LogP contribution in [0.5, 0.6) is 5.75 Å². The zero-order valence-corrected chi connectivity index (χ0v) is 18.2. The first-order valence-corrected chi connectivity index (χ1v) is 10.4. The number of pyridine rings is 1. The number of nitrogens with one attached hydrogen (secondary N) is 2. The number of fused-ring (bicyclic) bond motifs is 1. The van der Waals surface area contributed by atoms with Crippen molar-refractivity contribution in [2.75, 3.05) is 17.7 Å². The summed E-state index contributed by atoms with van der Waals surface area (Å²) in [6, 6.07) is 5.36. The number of nitrogens with zero attached hydrogens (tertiary/aromatic N) is 3. The molecule has 152 valence electrons. The van der Waals surface area contributed by atoms with Gasteiger partial charge < -0.3 is 15.4 Å². The number of rotatable bonds is 5. The first-order valence-electron chi connectivity index (χ1n) is 8.72. The van der Waals surface area contributed by atoms with Crippen LogP contribution in [0.25, 0.3) is 10.2 Å². The van der Waals surface area contributed by atoms with Gasteiger partial charge >= 0.3 is 0 Å². The Morgan fingerprint density at radius 3 is 2.67 bits per heavy atom. The van der Waals surface area contributed by atoms with E-state index >= 15 is 0 Å². The number of halogens is 2. The maximum Gasteiger partial charge on any atom is 0.258 e. The third kappa shape index (κ3) is 3.77. The molecule has 0 fully saturated rings. The number of thiophene rings is 1. The summed E-state index contributed by atoms with van der Waals surface area (Å²) in [4.78, 5) is 25.6. The molecule has 3 aromatic heterocycles. The quantitative estimate of drug-likeness (QED) is 0.397. The Hall–Kier alpha value is -2.94. The van der Waals surface area contributed by atoms with Crippen molar-refractivity contribution in [2.45, 2.75) is 6.92 Å². The van der Waals surface area contributed by atoms with Crippen LogP contribution in [-0.4, -0.2) is 28.0 Å². The molecule has 0 radical (unpaired) electrons. The van der Waals surface area contributed by atoms with Crippen LogP contribution in [0.1, 0.15) is 15.9 Å². The van der Waals surface area contributed by atoms with Crippen molar-refractivity contribution in [3.05, 3.63) is 63.5 Å². The topological polar surface area (TPSA) is 89.0 Å². The molecule has 0 aliphatic carbocycles. The van der Waals surface area contributed by atoms with Gasteiger partial charge in [-0.3, -0.25) is 9.78 Å². The minimum Gasteiger partial charge on any atom is -0.495 e. The van der Waals surface area contributed by atoms with Crippen molar-refractivity contribution in [3.8, 4) is 5.75 Å². The maximum absolute atomic E-state index is 13.0. The Kier molecular flexibility index (Phi) is 5.72. The fourth-order valence-electron chi connectivity index (χ4n) is 2.85. The van der Waals surface area contributed by atoms with Crippen LogP contribution in [0.4, 0.5) is 17.2 Å². The summed E-state index contributed by atoms with van der Waals surface area (Å²) in [6.07, 6.45) is 4.76. The van der Waals surface area contributed by atoms with E-state index in [0.29, 0.717) is 33.4 Å². The molecular formula is C20H15Cl2N5O2S. The van der Waals surface area contributed by atoms with Crippen LogP contribution in [0.15, 0.2) is 42.3 Å². The third-order valence-electron chi connectivity index (χ3n) is 4.35. The summed E-state index contributed by atoms with van der Waals surface area (Å²) in [5.41, 5.74) is 2.77. The van der Waals surface area contributed by atoms with Gasteiger partial charge in [-0.2, -0.15) is 0 Å². The average molecular weight is 460 g/mol. The fourth-order valence-corrected chi connectivity index (χ4v) is 4.31. The van der Waals surface area contributed by atoms with Gasteiger partial charge in [-0.25, -0.2) is 9.97 Å². The van der Waals surface area contributed by atoms with Crippen molar-refractivity contribution in [1.29, 1.82) is 0 Å². The van der Waals surface area contributed by atoms with Crippen molar-refractivity contribution >= 4 is 67.9 Å². The van der Waals surface area contributed by atoms with Crippen LogP contribution in [0.2, 0.25) is 10.0 Å². The van der Waals surface area contributed by atoms with Crippen LogP contribution in [0.3, 0.4) is 0 Å². The Bertz CT molecular complexity index is 1250. The lowest BCUT2D eigenvalue weighted by Gasteiger charge is -2.14. The first kappa shape index (κ1) is 20.3. The Balaban J connectivity index is 1.69. The van der Waals surface area contributed by atoms with Crippen LogP contribution in [0, 0.1) is 6.92 Å². The average Bonchev–Trinajstić information content (AvgIpc) is 3.20. The predicted molar refractivity (Wildman–Crippen MR) is 121 cm³/mol. The molecule has 1 aromatic carbocycles. The number of carbonyl (C=O) groups is 1. The molecule has 0 unspecified atom stereocenters. The summed E-state index contributed by atoms with van der Waals surface area (Å²) < 4.78 is 6.01. The molecule has 0 spiro atoms. The van der Waals surface area contributed by atoms with E-state index < -0.39 is 0 Å². The van der Waals surface area contributed by atoms with Crippen LogP contribution in [-0.2, 0) is 0 Å². The predicted octanol–water partition coefficient (Wildman–Crippen LogP) is 5.71. The van der Waals surface area contributed by atoms with Gasteiger partial charge in [0.25, 0.3) is 5.91 Å². The summed E-state index contributed by atoms with van der Waals surface area (Å²) in [5.74, 6) is 0.644. The number of benzene rings is 1. The number of hydrogen-bond donors (Lipinski definition) is 2. The SMILES string of the molecule is COc1cc(C)c(Cl)c(NC(=O)c2csc3c(Nc4ccncc4)ncnc23)c1Cl. The molecule has 0 saturated heterocycles. The van der Waals surface area contributed by atoms with E-state index in [1.54, 1.807) is 30.8 Å². The number of amides is 1. The molecule has 3 heterocycles. The van der Waals surface area contributed by atoms with E-state index in [1.165, 1.54) is 24.8 Å². The molecule has 30 heavy (non-hydrogen) atoms. The first-order chi connectivity index (χ1) is 14.5. The van der Waals surface area contributed by atoms with Gasteiger partial charge in [-0.05, 0) is 30.7 Å². The second kappa shape index (κ2) is 8.43. The number of aryl methyl sites for hydroxylation is 1. The molecule has 0 atom stereocenters. The van der Waals surface area contributed by atoms with E-state index in [9.17, 15) is 4.79 Å². The number of anilines is 3. The smallest absolute Gasteiger partial charge is 0.258 e. The summed E-state index contributed by atoms with van der Waals surface area (Å²) in [7, 11) is 1.50. The molecule has 4 aromatic rings. The van der Waals surface area contributed by atoms with Crippen molar-refractivity contribution < 1.29 is 9.53 Å². The molecule has 0 bridgehead atoms. The molecule has 0 saturated carbocycles. The third-order valence-corrected chi connectivity index (χ3v) is 6.19. The highest BCUT2D eigenvalue weighted by Crippen LogP contribution is 2.41. The van der Waals surface area contributed by atoms with Gasteiger partial charge in [-0.1, -0.05) is 23.2 Å². The van der Waals surface area contributed by atoms with Gasteiger partial charge in [0.05, 0.1) is 33.6 Å². The maximum atomic E-state index is 13.0. The zero-order chi connectivity index (χ0) is 21.3. The van der Waals surface area contributed by atoms with Gasteiger partial charge in [0.2, 0.25) is 0 Å². The summed E-state index contributed by atoms with van der Waals surface area (Å²) >= 11 is 14.1. The zero-order valence-electron chi connectivity index (χ0n) is 15.9. The molecule has 2 N–H and O–H groups in total. The molecule has 10 heteroatoms. The standard InChI is InChI=1S/C20H15Cl2N5O2S/c1-10-7-13(29-2)15(22)17(14(10)21)27-20(28)12-8-30-18-16(12)24-9-25-19(18)26-11-3-5-23-6-4-11/h3-9H,1-2H3,(H,27,28)(H,23,24,25,26). The molecule has 7 nitrogen and oxygen atoms in total. The highest BCUT2D eigenvalue weighted by molar-refractivity contribution is 7.18. The molecule has 1 amide bonds. The Morgan fingerprint density at radius 2 is 1.93 bits per heavy atom. The van der Waals surface area contributed by atoms with Gasteiger partial charge in [0.15, 0.2) is 5.82 Å². The van der Waals surface area contributed by atoms with Gasteiger partial charge in [-0.15, -0.1) is 11.3 Å². The van der Waals surface area contributed by atoms with Gasteiger partial charge in [0.1, 0.15) is 17.1 Å². The Labute approximate surface area is 186 Å². The van der Waals surface area contributed by atoms with E-state index in [1.807, 2.05) is 12.1 Å². The lowest BCUT2D eigenvalue weighted by atomic mass is 10.2. The lowest BCUT2D eigenvalue weighted by Crippen LogP contribution is -2.13. The number of ether oxygens (including phenoxy) is 1. The normalized spacial score (nSPS) is 10.8. The van der Waals surface area contributed by atoms with Gasteiger partial charge in [0, 0.05) is 23.5 Å². The van der Waals surface area contributed by atoms with E-state index in [4.69, 9.17) is 27.9 Å². The molecule has 0 aliphatic rings. The van der Waals surface area contributed by atoms with Crippen molar-refractivity contribution in [3.63, 3.8) is 0 Å². The number of methoxy groups -OCH3 is 1. The largest absolute Gasteiger partial charge is 0.495 e. The summed E-state index contributed by atoms with van der Waals surface area (Å²) in [5, 5.41) is 8.32. The Morgan fingerprint density at radius 1 is 1.17 bits per heavy atom. The van der Waals surface area contributed by atoms with Crippen LogP contribution < -0.4 is 15.4 Å². The molecule has 4 rings (SSSR count). The lowest BCUT2D eigenvalue weighted by molar-refractivity contribution is 0.102. The molecule has 0 aliphatic heterocycles. The highest BCUT2D eigenvalue weighted by Gasteiger charge is 2.21. The second-order valence-corrected chi connectivity index (χ2v) is 7.90. The van der Waals surface area contributed by atoms with E-state index in [2.05, 4.69) is 25.6 Å². The minimum absolute atomic E-state index is 0.232. The number of aromatic nitrogens is 3.